The van der Waals surface area contributed by atoms with Gasteiger partial charge in [0, 0.05) is 19.0 Å². The van der Waals surface area contributed by atoms with Crippen LogP contribution in [0.15, 0.2) is 12.2 Å². The number of nitrogens with one attached hydrogen (secondary N) is 1. The molecule has 1 N–H and O–H groups in total. The molecule has 1 aliphatic rings. The lowest BCUT2D eigenvalue weighted by atomic mass is 9.80. The Balaban J connectivity index is 2.16. The van der Waals surface area contributed by atoms with Gasteiger partial charge in [-0.15, -0.1) is 11.6 Å². The summed E-state index contributed by atoms with van der Waals surface area (Å²) in [5.74, 6) is 0.615. The second-order valence-electron chi connectivity index (χ2n) is 4.87. The van der Waals surface area contributed by atoms with Crippen LogP contribution in [0.5, 0.6) is 0 Å². The fraction of sp³-hybridized carbons (Fsp3) is 0.833. The van der Waals surface area contributed by atoms with Crippen LogP contribution in [0, 0.1) is 5.41 Å². The molecule has 0 aliphatic carbocycles. The molecule has 0 unspecified atom stereocenters. The first-order valence-electron chi connectivity index (χ1n) is 5.76. The summed E-state index contributed by atoms with van der Waals surface area (Å²) in [4.78, 5) is 2.41. The number of rotatable bonds is 5. The van der Waals surface area contributed by atoms with Gasteiger partial charge < -0.3 is 10.2 Å². The molecule has 0 aromatic rings. The molecule has 0 bridgehead atoms. The first kappa shape index (κ1) is 13.0. The quantitative estimate of drug-likeness (QED) is 0.442. The standard InChI is InChI=1S/C12H23ClN2/c1-12(5-9-15(2)10-6-12)11-14-8-4-3-7-13/h3-4,14H,5-11H2,1-2H3/b4-3+. The number of nitrogens with zero attached hydrogens (tertiary/aromatic N) is 1. The predicted molar refractivity (Wildman–Crippen MR) is 67.6 cm³/mol. The molecule has 0 spiro atoms. The average molecular weight is 231 g/mol. The van der Waals surface area contributed by atoms with Gasteiger partial charge in [-0.3, -0.25) is 0 Å². The summed E-state index contributed by atoms with van der Waals surface area (Å²) in [7, 11) is 2.20. The summed E-state index contributed by atoms with van der Waals surface area (Å²) in [6, 6.07) is 0. The molecule has 0 aromatic heterocycles. The molecule has 2 nitrogen and oxygen atoms in total. The molecule has 0 amide bonds. The van der Waals surface area contributed by atoms with Gasteiger partial charge in [-0.1, -0.05) is 19.1 Å². The molecule has 1 rings (SSSR count). The summed E-state index contributed by atoms with van der Waals surface area (Å²) in [5.41, 5.74) is 0.487. The van der Waals surface area contributed by atoms with Crippen LogP contribution in [0.2, 0.25) is 0 Å². The molecule has 1 heterocycles. The van der Waals surface area contributed by atoms with Crippen molar-refractivity contribution in [1.29, 1.82) is 0 Å². The lowest BCUT2D eigenvalue weighted by Gasteiger charge is -2.38. The summed E-state index contributed by atoms with van der Waals surface area (Å²) in [5, 5.41) is 3.48. The highest BCUT2D eigenvalue weighted by atomic mass is 35.5. The Labute approximate surface area is 98.7 Å². The average Bonchev–Trinajstić information content (AvgIpc) is 2.23. The van der Waals surface area contributed by atoms with E-state index in [0.717, 1.165) is 13.1 Å². The van der Waals surface area contributed by atoms with E-state index in [1.807, 2.05) is 6.08 Å². The van der Waals surface area contributed by atoms with Crippen molar-refractivity contribution in [2.45, 2.75) is 19.8 Å². The van der Waals surface area contributed by atoms with Crippen molar-refractivity contribution in [2.75, 3.05) is 39.1 Å². The first-order valence-corrected chi connectivity index (χ1v) is 6.30. The zero-order chi connectivity index (χ0) is 11.1. The second kappa shape index (κ2) is 6.51. The van der Waals surface area contributed by atoms with Gasteiger partial charge in [0.25, 0.3) is 0 Å². The zero-order valence-corrected chi connectivity index (χ0v) is 10.7. The van der Waals surface area contributed by atoms with E-state index < -0.39 is 0 Å². The minimum Gasteiger partial charge on any atom is -0.313 e. The van der Waals surface area contributed by atoms with Crippen molar-refractivity contribution >= 4 is 11.6 Å². The van der Waals surface area contributed by atoms with Gasteiger partial charge in [-0.25, -0.2) is 0 Å². The van der Waals surface area contributed by atoms with Crippen LogP contribution >= 0.6 is 11.6 Å². The van der Waals surface area contributed by atoms with E-state index in [2.05, 4.69) is 30.3 Å². The molecule has 1 aliphatic heterocycles. The Bertz CT molecular complexity index is 196. The number of likely N-dealkylation sites (tertiary alicyclic amines) is 1. The van der Waals surface area contributed by atoms with Crippen molar-refractivity contribution in [3.63, 3.8) is 0 Å². The predicted octanol–water partition coefficient (Wildman–Crippen LogP) is 2.10. The third-order valence-corrected chi connectivity index (χ3v) is 3.44. The Hall–Kier alpha value is -0.0500. The van der Waals surface area contributed by atoms with E-state index in [-0.39, 0.29) is 0 Å². The largest absolute Gasteiger partial charge is 0.313 e. The van der Waals surface area contributed by atoms with Crippen molar-refractivity contribution in [1.82, 2.24) is 10.2 Å². The van der Waals surface area contributed by atoms with Crippen molar-refractivity contribution < 1.29 is 0 Å². The first-order chi connectivity index (χ1) is 7.16. The van der Waals surface area contributed by atoms with Gasteiger partial charge in [0.15, 0.2) is 0 Å². The molecule has 1 saturated heterocycles. The molecule has 1 fully saturated rings. The number of piperidine rings is 1. The lowest BCUT2D eigenvalue weighted by Crippen LogP contribution is -2.42. The number of hydrogen-bond donors (Lipinski definition) is 1. The molecule has 88 valence electrons. The Morgan fingerprint density at radius 2 is 2.00 bits per heavy atom. The highest BCUT2D eigenvalue weighted by Gasteiger charge is 2.27. The molecule has 0 aromatic carbocycles. The molecular formula is C12H23ClN2. The molecule has 15 heavy (non-hydrogen) atoms. The highest BCUT2D eigenvalue weighted by molar-refractivity contribution is 6.18. The van der Waals surface area contributed by atoms with Crippen molar-refractivity contribution in [2.24, 2.45) is 5.41 Å². The third kappa shape index (κ3) is 5.01. The summed E-state index contributed by atoms with van der Waals surface area (Å²) in [6.07, 6.45) is 6.70. The Kier molecular flexibility index (Phi) is 5.65. The van der Waals surface area contributed by atoms with Crippen LogP contribution in [0.4, 0.5) is 0 Å². The van der Waals surface area contributed by atoms with Gasteiger partial charge >= 0.3 is 0 Å². The van der Waals surface area contributed by atoms with Gasteiger partial charge in [-0.05, 0) is 38.4 Å². The number of allylic oxidation sites excluding steroid dienone is 1. The van der Waals surface area contributed by atoms with Crippen molar-refractivity contribution in [3.05, 3.63) is 12.2 Å². The molecule has 3 heteroatoms. The van der Waals surface area contributed by atoms with E-state index in [0.29, 0.717) is 11.3 Å². The van der Waals surface area contributed by atoms with Gasteiger partial charge in [0.05, 0.1) is 0 Å². The molecule has 0 atom stereocenters. The molecular weight excluding hydrogens is 208 g/mol. The summed E-state index contributed by atoms with van der Waals surface area (Å²) < 4.78 is 0. The van der Waals surface area contributed by atoms with Crippen LogP contribution in [0.1, 0.15) is 19.8 Å². The van der Waals surface area contributed by atoms with E-state index in [1.165, 1.54) is 25.9 Å². The minimum absolute atomic E-state index is 0.487. The van der Waals surface area contributed by atoms with Gasteiger partial charge in [0.2, 0.25) is 0 Å². The zero-order valence-electron chi connectivity index (χ0n) is 9.93. The summed E-state index contributed by atoms with van der Waals surface area (Å²) >= 11 is 5.55. The van der Waals surface area contributed by atoms with E-state index in [9.17, 15) is 0 Å². The fourth-order valence-electron chi connectivity index (χ4n) is 1.94. The van der Waals surface area contributed by atoms with E-state index in [1.54, 1.807) is 0 Å². The van der Waals surface area contributed by atoms with Crippen LogP contribution in [0.25, 0.3) is 0 Å². The SMILES string of the molecule is CN1CCC(C)(CNC/C=C/CCl)CC1. The van der Waals surface area contributed by atoms with Crippen molar-refractivity contribution in [3.8, 4) is 0 Å². The number of halogens is 1. The maximum Gasteiger partial charge on any atom is 0.0404 e. The third-order valence-electron chi connectivity index (χ3n) is 3.26. The van der Waals surface area contributed by atoms with Crippen LogP contribution in [-0.4, -0.2) is 44.0 Å². The Morgan fingerprint density at radius 3 is 2.60 bits per heavy atom. The summed E-state index contributed by atoms with van der Waals surface area (Å²) in [6.45, 7) is 6.91. The Morgan fingerprint density at radius 1 is 1.33 bits per heavy atom. The van der Waals surface area contributed by atoms with E-state index >= 15 is 0 Å². The molecule has 0 radical (unpaired) electrons. The van der Waals surface area contributed by atoms with Gasteiger partial charge in [0.1, 0.15) is 0 Å². The number of alkyl halides is 1. The topological polar surface area (TPSA) is 15.3 Å². The minimum atomic E-state index is 0.487. The van der Waals surface area contributed by atoms with E-state index in [4.69, 9.17) is 11.6 Å². The fourth-order valence-corrected chi connectivity index (χ4v) is 2.06. The maximum absolute atomic E-state index is 5.55. The number of hydrogen-bond acceptors (Lipinski definition) is 2. The normalized spacial score (nSPS) is 22.3. The van der Waals surface area contributed by atoms with Gasteiger partial charge in [-0.2, -0.15) is 0 Å². The van der Waals surface area contributed by atoms with Crippen LogP contribution in [0.3, 0.4) is 0 Å². The molecule has 0 saturated carbocycles. The van der Waals surface area contributed by atoms with Crippen LogP contribution in [-0.2, 0) is 0 Å². The van der Waals surface area contributed by atoms with Crippen LogP contribution < -0.4 is 5.32 Å². The lowest BCUT2D eigenvalue weighted by molar-refractivity contribution is 0.138. The second-order valence-corrected chi connectivity index (χ2v) is 5.18. The smallest absolute Gasteiger partial charge is 0.0404 e. The maximum atomic E-state index is 5.55. The highest BCUT2D eigenvalue weighted by Crippen LogP contribution is 2.29. The monoisotopic (exact) mass is 230 g/mol.